The lowest BCUT2D eigenvalue weighted by Gasteiger charge is -1.97. The molecule has 17 heavy (non-hydrogen) atoms. The summed E-state index contributed by atoms with van der Waals surface area (Å²) in [5.41, 5.74) is 10.5. The van der Waals surface area contributed by atoms with E-state index in [4.69, 9.17) is 5.53 Å². The Bertz CT molecular complexity index is 745. The van der Waals surface area contributed by atoms with Gasteiger partial charge in [-0.05, 0) is 29.7 Å². The summed E-state index contributed by atoms with van der Waals surface area (Å²) in [5, 5.41) is 11.5. The van der Waals surface area contributed by atoms with Crippen LogP contribution in [0.2, 0.25) is 0 Å². The summed E-state index contributed by atoms with van der Waals surface area (Å²) in [4.78, 5) is 2.76. The van der Waals surface area contributed by atoms with Gasteiger partial charge < -0.3 is 4.57 Å². The van der Waals surface area contributed by atoms with Crippen molar-refractivity contribution in [2.75, 3.05) is 0 Å². The minimum atomic E-state index is 0.269. The van der Waals surface area contributed by atoms with E-state index in [1.54, 1.807) is 4.40 Å². The van der Waals surface area contributed by atoms with E-state index >= 15 is 0 Å². The van der Waals surface area contributed by atoms with Crippen molar-refractivity contribution < 1.29 is 0 Å². The van der Waals surface area contributed by atoms with Gasteiger partial charge in [-0.2, -0.15) is 0 Å². The molecule has 0 atom stereocenters. The predicted octanol–water partition coefficient (Wildman–Crippen LogP) is 2.65. The monoisotopic (exact) mass is 227 g/mol. The molecule has 0 saturated carbocycles. The smallest absolute Gasteiger partial charge is 0.236 e. The van der Waals surface area contributed by atoms with E-state index in [-0.39, 0.29) is 5.95 Å². The number of rotatable bonds is 2. The van der Waals surface area contributed by atoms with Gasteiger partial charge in [0.25, 0.3) is 0 Å². The van der Waals surface area contributed by atoms with Crippen molar-refractivity contribution in [3.8, 4) is 0 Å². The number of aryl methyl sites for hydroxylation is 1. The molecule has 7 nitrogen and oxygen atoms in total. The van der Waals surface area contributed by atoms with Gasteiger partial charge >= 0.3 is 0 Å². The van der Waals surface area contributed by atoms with E-state index in [9.17, 15) is 0 Å². The summed E-state index contributed by atoms with van der Waals surface area (Å²) < 4.78 is 3.79. The predicted molar refractivity (Wildman–Crippen MR) is 63.0 cm³/mol. The van der Waals surface area contributed by atoms with Gasteiger partial charge in [-0.25, -0.2) is 0 Å². The van der Waals surface area contributed by atoms with Crippen molar-refractivity contribution in [2.45, 2.75) is 13.5 Å². The van der Waals surface area contributed by atoms with Crippen LogP contribution in [0.4, 0.5) is 5.95 Å². The molecule has 0 amide bonds. The molecular weight excluding hydrogens is 218 g/mol. The molecule has 0 radical (unpaired) electrons. The van der Waals surface area contributed by atoms with Gasteiger partial charge in [0.2, 0.25) is 11.7 Å². The molecule has 2 aromatic heterocycles. The van der Waals surface area contributed by atoms with Crippen molar-refractivity contribution >= 4 is 22.8 Å². The van der Waals surface area contributed by atoms with E-state index in [2.05, 4.69) is 20.2 Å². The van der Waals surface area contributed by atoms with E-state index in [0.717, 1.165) is 17.6 Å². The standard InChI is InChI=1S/C10H9N7/c1-2-16-7-5-3-4-6-8(7)17-9(13-15-11)12-14-10(16)17/h3-6H,2H2,1H3. The Hall–Kier alpha value is -2.53. The summed E-state index contributed by atoms with van der Waals surface area (Å²) in [7, 11) is 0. The first-order chi connectivity index (χ1) is 8.36. The largest absolute Gasteiger partial charge is 0.309 e. The maximum absolute atomic E-state index is 8.50. The topological polar surface area (TPSA) is 83.9 Å². The van der Waals surface area contributed by atoms with E-state index in [1.807, 2.05) is 35.8 Å². The lowest BCUT2D eigenvalue weighted by Crippen LogP contribution is -1.94. The number of imidazole rings is 1. The fourth-order valence-corrected chi connectivity index (χ4v) is 2.06. The number of hydrogen-bond acceptors (Lipinski definition) is 3. The van der Waals surface area contributed by atoms with Crippen LogP contribution in [0.15, 0.2) is 29.4 Å². The van der Waals surface area contributed by atoms with Crippen molar-refractivity contribution in [3.05, 3.63) is 34.7 Å². The van der Waals surface area contributed by atoms with Crippen LogP contribution in [0.3, 0.4) is 0 Å². The molecule has 3 aromatic rings. The van der Waals surface area contributed by atoms with Gasteiger partial charge in [0, 0.05) is 11.5 Å². The average molecular weight is 227 g/mol. The molecule has 2 heterocycles. The van der Waals surface area contributed by atoms with Gasteiger partial charge in [-0.3, -0.25) is 4.40 Å². The van der Waals surface area contributed by atoms with Crippen molar-refractivity contribution in [3.63, 3.8) is 0 Å². The molecule has 0 bridgehead atoms. The number of nitrogens with zero attached hydrogens (tertiary/aromatic N) is 7. The SMILES string of the molecule is CCn1c2ccccc2n2c(N=[N+]=[N-])nnc12. The molecule has 0 saturated heterocycles. The van der Waals surface area contributed by atoms with Gasteiger partial charge in [0.15, 0.2) is 0 Å². The van der Waals surface area contributed by atoms with Crippen LogP contribution >= 0.6 is 0 Å². The highest BCUT2D eigenvalue weighted by Crippen LogP contribution is 2.24. The highest BCUT2D eigenvalue weighted by atomic mass is 15.4. The molecule has 7 heteroatoms. The van der Waals surface area contributed by atoms with Crippen LogP contribution < -0.4 is 0 Å². The van der Waals surface area contributed by atoms with Gasteiger partial charge in [-0.1, -0.05) is 12.1 Å². The maximum atomic E-state index is 8.50. The maximum Gasteiger partial charge on any atom is 0.236 e. The first kappa shape index (κ1) is 9.68. The van der Waals surface area contributed by atoms with E-state index < -0.39 is 0 Å². The minimum absolute atomic E-state index is 0.269. The van der Waals surface area contributed by atoms with Crippen molar-refractivity contribution in [1.29, 1.82) is 0 Å². The molecule has 84 valence electrons. The Kier molecular flexibility index (Phi) is 1.99. The highest BCUT2D eigenvalue weighted by molar-refractivity contribution is 5.81. The quantitative estimate of drug-likeness (QED) is 0.383. The molecule has 0 N–H and O–H groups in total. The first-order valence-electron chi connectivity index (χ1n) is 5.24. The van der Waals surface area contributed by atoms with Crippen LogP contribution in [-0.2, 0) is 6.54 Å². The Labute approximate surface area is 95.9 Å². The Morgan fingerprint density at radius 3 is 2.76 bits per heavy atom. The number of fused-ring (bicyclic) bond motifs is 3. The molecule has 1 aromatic carbocycles. The van der Waals surface area contributed by atoms with Crippen LogP contribution in [0.1, 0.15) is 6.92 Å². The lowest BCUT2D eigenvalue weighted by molar-refractivity contribution is 0.803. The number of hydrogen-bond donors (Lipinski definition) is 0. The normalized spacial score (nSPS) is 10.9. The van der Waals surface area contributed by atoms with Crippen molar-refractivity contribution in [1.82, 2.24) is 19.2 Å². The van der Waals surface area contributed by atoms with Gasteiger partial charge in [0.1, 0.15) is 0 Å². The number of benzene rings is 1. The Morgan fingerprint density at radius 2 is 2.06 bits per heavy atom. The van der Waals surface area contributed by atoms with Crippen LogP contribution in [0.5, 0.6) is 0 Å². The Morgan fingerprint density at radius 1 is 1.29 bits per heavy atom. The summed E-state index contributed by atoms with van der Waals surface area (Å²) in [5.74, 6) is 0.960. The second-order valence-corrected chi connectivity index (χ2v) is 3.56. The van der Waals surface area contributed by atoms with E-state index in [1.165, 1.54) is 0 Å². The third kappa shape index (κ3) is 1.20. The molecule has 0 aliphatic rings. The summed E-state index contributed by atoms with van der Waals surface area (Å²) in [6.07, 6.45) is 0. The molecule has 3 rings (SSSR count). The highest BCUT2D eigenvalue weighted by Gasteiger charge is 2.14. The summed E-state index contributed by atoms with van der Waals surface area (Å²) in [6.45, 7) is 2.82. The second kappa shape index (κ2) is 3.50. The van der Waals surface area contributed by atoms with Gasteiger partial charge in [0.05, 0.1) is 11.0 Å². The third-order valence-corrected chi connectivity index (χ3v) is 2.73. The molecule has 0 unspecified atom stereocenters. The zero-order chi connectivity index (χ0) is 11.8. The number of para-hydroxylation sites is 2. The minimum Gasteiger partial charge on any atom is -0.309 e. The Balaban J connectivity index is 2.56. The summed E-state index contributed by atoms with van der Waals surface area (Å²) in [6, 6.07) is 7.86. The first-order valence-corrected chi connectivity index (χ1v) is 5.24. The molecule has 0 fully saturated rings. The lowest BCUT2D eigenvalue weighted by atomic mass is 10.3. The molecule has 0 aliphatic heterocycles. The average Bonchev–Trinajstić information content (AvgIpc) is 2.88. The zero-order valence-corrected chi connectivity index (χ0v) is 9.15. The molecule has 0 aliphatic carbocycles. The van der Waals surface area contributed by atoms with Crippen LogP contribution in [0, 0.1) is 0 Å². The zero-order valence-electron chi connectivity index (χ0n) is 9.15. The number of azide groups is 1. The second-order valence-electron chi connectivity index (χ2n) is 3.56. The van der Waals surface area contributed by atoms with Crippen LogP contribution in [0.25, 0.3) is 27.3 Å². The van der Waals surface area contributed by atoms with Crippen molar-refractivity contribution in [2.24, 2.45) is 5.11 Å². The van der Waals surface area contributed by atoms with Crippen LogP contribution in [-0.4, -0.2) is 19.2 Å². The van der Waals surface area contributed by atoms with E-state index in [0.29, 0.717) is 5.78 Å². The fraction of sp³-hybridized carbons (Fsp3) is 0.200. The number of aromatic nitrogens is 4. The fourth-order valence-electron chi connectivity index (χ4n) is 2.06. The molecule has 0 spiro atoms. The summed E-state index contributed by atoms with van der Waals surface area (Å²) >= 11 is 0. The third-order valence-electron chi connectivity index (χ3n) is 2.73. The van der Waals surface area contributed by atoms with Gasteiger partial charge in [-0.15, -0.1) is 10.2 Å². The molecular formula is C10H9N7.